The Morgan fingerprint density at radius 1 is 0.950 bits per heavy atom. The Kier molecular flexibility index (Phi) is 3.47. The molecule has 0 spiro atoms. The summed E-state index contributed by atoms with van der Waals surface area (Å²) in [7, 11) is -4.25. The Morgan fingerprint density at radius 2 is 1.55 bits per heavy atom. The SMILES string of the molecule is Nc1ccc(S(=O)(=O)c2ccccc2)c(C(F)(F)F)c1. The van der Waals surface area contributed by atoms with Crippen molar-refractivity contribution in [3.8, 4) is 0 Å². The molecule has 0 bridgehead atoms. The fourth-order valence-electron chi connectivity index (χ4n) is 1.73. The average Bonchev–Trinajstić information content (AvgIpc) is 2.38. The molecule has 0 aliphatic heterocycles. The molecule has 0 heterocycles. The summed E-state index contributed by atoms with van der Waals surface area (Å²) in [6, 6.07) is 9.57. The van der Waals surface area contributed by atoms with Crippen molar-refractivity contribution in [1.29, 1.82) is 0 Å². The van der Waals surface area contributed by atoms with Crippen LogP contribution in [0, 0.1) is 0 Å². The summed E-state index contributed by atoms with van der Waals surface area (Å²) in [5.74, 6) is 0. The van der Waals surface area contributed by atoms with E-state index >= 15 is 0 Å². The van der Waals surface area contributed by atoms with Gasteiger partial charge in [0, 0.05) is 5.69 Å². The first-order valence-electron chi connectivity index (χ1n) is 5.50. The standard InChI is InChI=1S/C13H10F3NO2S/c14-13(15,16)11-8-9(17)6-7-12(11)20(18,19)10-4-2-1-3-5-10/h1-8H,17H2. The van der Waals surface area contributed by atoms with E-state index in [0.29, 0.717) is 6.07 Å². The molecule has 0 atom stereocenters. The van der Waals surface area contributed by atoms with Gasteiger partial charge in [-0.1, -0.05) is 18.2 Å². The van der Waals surface area contributed by atoms with Gasteiger partial charge in [0.25, 0.3) is 0 Å². The van der Waals surface area contributed by atoms with Crippen LogP contribution in [0.15, 0.2) is 58.3 Å². The quantitative estimate of drug-likeness (QED) is 0.867. The summed E-state index contributed by atoms with van der Waals surface area (Å²) in [5.41, 5.74) is 3.90. The van der Waals surface area contributed by atoms with Crippen molar-refractivity contribution in [2.45, 2.75) is 16.0 Å². The molecule has 0 radical (unpaired) electrons. The molecule has 106 valence electrons. The first kappa shape index (κ1) is 14.4. The number of nitrogen functional groups attached to an aromatic ring is 1. The summed E-state index contributed by atoms with van der Waals surface area (Å²) in [5, 5.41) is 0. The maximum atomic E-state index is 13.0. The Labute approximate surface area is 113 Å². The largest absolute Gasteiger partial charge is 0.417 e. The Hall–Kier alpha value is -2.02. The highest BCUT2D eigenvalue weighted by Crippen LogP contribution is 2.37. The smallest absolute Gasteiger partial charge is 0.399 e. The maximum absolute atomic E-state index is 13.0. The van der Waals surface area contributed by atoms with Gasteiger partial charge in [0.1, 0.15) is 0 Å². The number of benzene rings is 2. The number of halogens is 3. The second kappa shape index (κ2) is 4.82. The lowest BCUT2D eigenvalue weighted by Gasteiger charge is -2.14. The van der Waals surface area contributed by atoms with Crippen LogP contribution in [-0.4, -0.2) is 8.42 Å². The number of sulfone groups is 1. The lowest BCUT2D eigenvalue weighted by molar-refractivity contribution is -0.139. The molecule has 2 N–H and O–H groups in total. The van der Waals surface area contributed by atoms with Crippen LogP contribution in [0.1, 0.15) is 5.56 Å². The number of nitrogens with two attached hydrogens (primary N) is 1. The Morgan fingerprint density at radius 3 is 2.10 bits per heavy atom. The van der Waals surface area contributed by atoms with Crippen LogP contribution in [-0.2, 0) is 16.0 Å². The Bertz CT molecular complexity index is 725. The molecular formula is C13H10F3NO2S. The predicted molar refractivity (Wildman–Crippen MR) is 67.8 cm³/mol. The molecule has 0 aliphatic rings. The maximum Gasteiger partial charge on any atom is 0.417 e. The summed E-state index contributed by atoms with van der Waals surface area (Å²) < 4.78 is 63.4. The molecule has 0 aromatic heterocycles. The van der Waals surface area contributed by atoms with Gasteiger partial charge in [-0.25, -0.2) is 8.42 Å². The van der Waals surface area contributed by atoms with Gasteiger partial charge in [0.05, 0.1) is 15.4 Å². The van der Waals surface area contributed by atoms with Gasteiger partial charge < -0.3 is 5.73 Å². The van der Waals surface area contributed by atoms with Crippen LogP contribution >= 0.6 is 0 Å². The minimum absolute atomic E-state index is 0.149. The molecule has 3 nitrogen and oxygen atoms in total. The predicted octanol–water partition coefficient (Wildman–Crippen LogP) is 3.12. The van der Waals surface area contributed by atoms with Gasteiger partial charge >= 0.3 is 6.18 Å². The van der Waals surface area contributed by atoms with Crippen molar-refractivity contribution >= 4 is 15.5 Å². The highest BCUT2D eigenvalue weighted by atomic mass is 32.2. The van der Waals surface area contributed by atoms with Crippen molar-refractivity contribution in [3.63, 3.8) is 0 Å². The number of alkyl halides is 3. The number of hydrogen-bond acceptors (Lipinski definition) is 3. The van der Waals surface area contributed by atoms with Crippen molar-refractivity contribution in [2.75, 3.05) is 5.73 Å². The molecule has 2 aromatic carbocycles. The summed E-state index contributed by atoms with van der Waals surface area (Å²) in [4.78, 5) is -0.999. The fourth-order valence-corrected chi connectivity index (χ4v) is 3.21. The summed E-state index contributed by atoms with van der Waals surface area (Å²) in [6.45, 7) is 0. The molecule has 0 saturated carbocycles. The van der Waals surface area contributed by atoms with E-state index < -0.39 is 26.5 Å². The number of hydrogen-bond donors (Lipinski definition) is 1. The van der Waals surface area contributed by atoms with Crippen LogP contribution in [0.2, 0.25) is 0 Å². The van der Waals surface area contributed by atoms with Crippen molar-refractivity contribution < 1.29 is 21.6 Å². The number of anilines is 1. The lowest BCUT2D eigenvalue weighted by atomic mass is 10.2. The second-order valence-corrected chi connectivity index (χ2v) is 5.99. The molecule has 0 saturated heterocycles. The molecule has 0 aliphatic carbocycles. The third-order valence-electron chi connectivity index (χ3n) is 2.65. The zero-order valence-electron chi connectivity index (χ0n) is 10.1. The monoisotopic (exact) mass is 301 g/mol. The number of rotatable bonds is 2. The van der Waals surface area contributed by atoms with E-state index in [9.17, 15) is 21.6 Å². The Balaban J connectivity index is 2.71. The molecule has 20 heavy (non-hydrogen) atoms. The van der Waals surface area contributed by atoms with Gasteiger partial charge in [-0.15, -0.1) is 0 Å². The van der Waals surface area contributed by atoms with E-state index in [1.165, 1.54) is 24.3 Å². The summed E-state index contributed by atoms with van der Waals surface area (Å²) in [6.07, 6.45) is -4.80. The average molecular weight is 301 g/mol. The first-order chi connectivity index (χ1) is 9.23. The van der Waals surface area contributed by atoms with Crippen molar-refractivity contribution in [1.82, 2.24) is 0 Å². The molecular weight excluding hydrogens is 291 g/mol. The molecule has 2 aromatic rings. The molecule has 0 fully saturated rings. The van der Waals surface area contributed by atoms with E-state index in [0.717, 1.165) is 12.1 Å². The summed E-state index contributed by atoms with van der Waals surface area (Å²) >= 11 is 0. The van der Waals surface area contributed by atoms with E-state index in [2.05, 4.69) is 0 Å². The van der Waals surface area contributed by atoms with Crippen LogP contribution in [0.4, 0.5) is 18.9 Å². The van der Waals surface area contributed by atoms with E-state index in [1.807, 2.05) is 0 Å². The van der Waals surface area contributed by atoms with E-state index in [-0.39, 0.29) is 10.6 Å². The van der Waals surface area contributed by atoms with Gasteiger partial charge in [-0.05, 0) is 30.3 Å². The zero-order chi connectivity index (χ0) is 15.0. The van der Waals surface area contributed by atoms with Crippen molar-refractivity contribution in [3.05, 3.63) is 54.1 Å². The van der Waals surface area contributed by atoms with Crippen LogP contribution in [0.3, 0.4) is 0 Å². The molecule has 0 unspecified atom stereocenters. The first-order valence-corrected chi connectivity index (χ1v) is 6.98. The van der Waals surface area contributed by atoms with E-state index in [4.69, 9.17) is 5.73 Å². The van der Waals surface area contributed by atoms with Crippen LogP contribution < -0.4 is 5.73 Å². The van der Waals surface area contributed by atoms with Crippen LogP contribution in [0.5, 0.6) is 0 Å². The van der Waals surface area contributed by atoms with Gasteiger partial charge in [-0.3, -0.25) is 0 Å². The normalized spacial score (nSPS) is 12.3. The molecule has 2 rings (SSSR count). The van der Waals surface area contributed by atoms with Gasteiger partial charge in [0.15, 0.2) is 0 Å². The molecule has 0 amide bonds. The third kappa shape index (κ3) is 2.62. The fraction of sp³-hybridized carbons (Fsp3) is 0.0769. The second-order valence-electron chi connectivity index (χ2n) is 4.07. The van der Waals surface area contributed by atoms with Gasteiger partial charge in [0.2, 0.25) is 9.84 Å². The lowest BCUT2D eigenvalue weighted by Crippen LogP contribution is -2.14. The van der Waals surface area contributed by atoms with Gasteiger partial charge in [-0.2, -0.15) is 13.2 Å². The van der Waals surface area contributed by atoms with Crippen LogP contribution in [0.25, 0.3) is 0 Å². The van der Waals surface area contributed by atoms with E-state index in [1.54, 1.807) is 6.07 Å². The minimum Gasteiger partial charge on any atom is -0.399 e. The topological polar surface area (TPSA) is 60.2 Å². The highest BCUT2D eigenvalue weighted by molar-refractivity contribution is 7.91. The molecule has 7 heteroatoms. The minimum atomic E-state index is -4.80. The zero-order valence-corrected chi connectivity index (χ0v) is 10.9. The third-order valence-corrected chi connectivity index (χ3v) is 4.48. The van der Waals surface area contributed by atoms with Crippen molar-refractivity contribution in [2.24, 2.45) is 0 Å². The highest BCUT2D eigenvalue weighted by Gasteiger charge is 2.37.